The molecular weight excluding hydrogens is 284 g/mol. The minimum absolute atomic E-state index is 0.0703. The van der Waals surface area contributed by atoms with E-state index in [2.05, 4.69) is 0 Å². The Labute approximate surface area is 121 Å². The van der Waals surface area contributed by atoms with Crippen LogP contribution in [0.5, 0.6) is 0 Å². The van der Waals surface area contributed by atoms with E-state index in [9.17, 15) is 14.4 Å². The molecule has 8 heteroatoms. The molecule has 2 aliphatic rings. The molecule has 2 fully saturated rings. The van der Waals surface area contributed by atoms with E-state index >= 15 is 0 Å². The third-order valence-electron chi connectivity index (χ3n) is 3.58. The Morgan fingerprint density at radius 3 is 2.90 bits per heavy atom. The Bertz CT molecular complexity index is 417. The first-order valence-electron chi connectivity index (χ1n) is 6.42. The summed E-state index contributed by atoms with van der Waals surface area (Å²) in [6.07, 6.45) is 0.163. The number of carboxylic acids is 1. The predicted octanol–water partition coefficient (Wildman–Crippen LogP) is -0.533. The summed E-state index contributed by atoms with van der Waals surface area (Å²) < 4.78 is 4.93. The van der Waals surface area contributed by atoms with E-state index in [1.54, 1.807) is 12.0 Å². The monoisotopic (exact) mass is 302 g/mol. The highest BCUT2D eigenvalue weighted by molar-refractivity contribution is 7.99. The SMILES string of the molecule is COCCN1CC(C(=O)N2CSCC2C(=O)O)CC1=O. The average molecular weight is 302 g/mol. The van der Waals surface area contributed by atoms with Crippen molar-refractivity contribution < 1.29 is 24.2 Å². The van der Waals surface area contributed by atoms with E-state index in [-0.39, 0.29) is 18.2 Å². The zero-order valence-corrected chi connectivity index (χ0v) is 12.1. The first-order valence-corrected chi connectivity index (χ1v) is 7.57. The summed E-state index contributed by atoms with van der Waals surface area (Å²) in [5, 5.41) is 9.09. The molecule has 112 valence electrons. The van der Waals surface area contributed by atoms with Crippen molar-refractivity contribution in [2.24, 2.45) is 5.92 Å². The second kappa shape index (κ2) is 6.45. The van der Waals surface area contributed by atoms with Crippen LogP contribution in [0.2, 0.25) is 0 Å². The lowest BCUT2D eigenvalue weighted by molar-refractivity contribution is -0.149. The molecule has 0 spiro atoms. The molecular formula is C12H18N2O5S. The Balaban J connectivity index is 1.96. The number of carbonyl (C=O) groups excluding carboxylic acids is 2. The van der Waals surface area contributed by atoms with E-state index in [4.69, 9.17) is 9.84 Å². The van der Waals surface area contributed by atoms with Gasteiger partial charge in [-0.2, -0.15) is 0 Å². The fourth-order valence-corrected chi connectivity index (χ4v) is 3.61. The van der Waals surface area contributed by atoms with Crippen molar-refractivity contribution in [1.82, 2.24) is 9.80 Å². The molecule has 2 atom stereocenters. The lowest BCUT2D eigenvalue weighted by atomic mass is 10.1. The topological polar surface area (TPSA) is 87.2 Å². The van der Waals surface area contributed by atoms with E-state index in [1.807, 2.05) is 0 Å². The van der Waals surface area contributed by atoms with E-state index < -0.39 is 17.9 Å². The van der Waals surface area contributed by atoms with Crippen LogP contribution in [0, 0.1) is 5.92 Å². The number of thioether (sulfide) groups is 1. The van der Waals surface area contributed by atoms with Gasteiger partial charge in [0.05, 0.1) is 18.4 Å². The van der Waals surface area contributed by atoms with E-state index in [0.717, 1.165) is 0 Å². The van der Waals surface area contributed by atoms with Crippen LogP contribution in [-0.2, 0) is 19.1 Å². The Hall–Kier alpha value is -1.28. The van der Waals surface area contributed by atoms with Gasteiger partial charge in [-0.1, -0.05) is 0 Å². The van der Waals surface area contributed by atoms with Crippen LogP contribution in [0.25, 0.3) is 0 Å². The van der Waals surface area contributed by atoms with Gasteiger partial charge in [0.2, 0.25) is 11.8 Å². The molecule has 0 saturated carbocycles. The first-order chi connectivity index (χ1) is 9.54. The largest absolute Gasteiger partial charge is 0.480 e. The molecule has 0 aliphatic carbocycles. The third kappa shape index (κ3) is 3.06. The smallest absolute Gasteiger partial charge is 0.327 e. The van der Waals surface area contributed by atoms with Crippen LogP contribution < -0.4 is 0 Å². The summed E-state index contributed by atoms with van der Waals surface area (Å²) in [7, 11) is 1.56. The van der Waals surface area contributed by atoms with Gasteiger partial charge < -0.3 is 19.6 Å². The molecule has 2 aliphatic heterocycles. The molecule has 1 N–H and O–H groups in total. The maximum Gasteiger partial charge on any atom is 0.327 e. The van der Waals surface area contributed by atoms with Crippen LogP contribution in [0.15, 0.2) is 0 Å². The minimum Gasteiger partial charge on any atom is -0.480 e. The molecule has 2 heterocycles. The van der Waals surface area contributed by atoms with Gasteiger partial charge in [-0.15, -0.1) is 11.8 Å². The molecule has 20 heavy (non-hydrogen) atoms. The zero-order chi connectivity index (χ0) is 14.7. The number of hydrogen-bond acceptors (Lipinski definition) is 5. The van der Waals surface area contributed by atoms with Crippen molar-refractivity contribution in [1.29, 1.82) is 0 Å². The number of methoxy groups -OCH3 is 1. The summed E-state index contributed by atoms with van der Waals surface area (Å²) in [5.74, 6) is -0.910. The Morgan fingerprint density at radius 1 is 1.50 bits per heavy atom. The normalized spacial score (nSPS) is 26.4. The van der Waals surface area contributed by atoms with Gasteiger partial charge >= 0.3 is 5.97 Å². The fourth-order valence-electron chi connectivity index (χ4n) is 2.45. The van der Waals surface area contributed by atoms with Gasteiger partial charge in [0.1, 0.15) is 6.04 Å². The zero-order valence-electron chi connectivity index (χ0n) is 11.3. The molecule has 0 aromatic heterocycles. The number of carbonyl (C=O) groups is 3. The summed E-state index contributed by atoms with van der Waals surface area (Å²) in [5.41, 5.74) is 0. The van der Waals surface area contributed by atoms with Gasteiger partial charge in [0, 0.05) is 32.4 Å². The molecule has 2 amide bonds. The Kier molecular flexibility index (Phi) is 4.87. The highest BCUT2D eigenvalue weighted by Crippen LogP contribution is 2.27. The number of aliphatic carboxylic acids is 1. The van der Waals surface area contributed by atoms with Crippen molar-refractivity contribution in [3.63, 3.8) is 0 Å². The molecule has 2 saturated heterocycles. The number of likely N-dealkylation sites (tertiary alicyclic amines) is 1. The number of hydrogen-bond donors (Lipinski definition) is 1. The Morgan fingerprint density at radius 2 is 2.25 bits per heavy atom. The van der Waals surface area contributed by atoms with Crippen molar-refractivity contribution in [2.45, 2.75) is 12.5 Å². The molecule has 0 aromatic rings. The molecule has 2 unspecified atom stereocenters. The van der Waals surface area contributed by atoms with Gasteiger partial charge in [0.15, 0.2) is 0 Å². The lowest BCUT2D eigenvalue weighted by Crippen LogP contribution is -2.45. The quantitative estimate of drug-likeness (QED) is 0.734. The summed E-state index contributed by atoms with van der Waals surface area (Å²) in [4.78, 5) is 38.3. The van der Waals surface area contributed by atoms with Gasteiger partial charge in [-0.25, -0.2) is 4.79 Å². The van der Waals surface area contributed by atoms with Crippen LogP contribution in [-0.4, -0.2) is 77.2 Å². The van der Waals surface area contributed by atoms with Crippen LogP contribution >= 0.6 is 11.8 Å². The molecule has 0 aromatic carbocycles. The van der Waals surface area contributed by atoms with Crippen LogP contribution in [0.4, 0.5) is 0 Å². The minimum atomic E-state index is -0.982. The number of ether oxygens (including phenoxy) is 1. The maximum atomic E-state index is 12.4. The number of rotatable bonds is 5. The van der Waals surface area contributed by atoms with Crippen molar-refractivity contribution in [3.05, 3.63) is 0 Å². The number of nitrogens with zero attached hydrogens (tertiary/aromatic N) is 2. The van der Waals surface area contributed by atoms with Crippen molar-refractivity contribution >= 4 is 29.5 Å². The summed E-state index contributed by atoms with van der Waals surface area (Å²) in [6, 6.07) is -0.768. The predicted molar refractivity (Wildman–Crippen MR) is 72.2 cm³/mol. The van der Waals surface area contributed by atoms with Gasteiger partial charge in [-0.3, -0.25) is 9.59 Å². The molecule has 2 rings (SSSR count). The first kappa shape index (κ1) is 15.1. The summed E-state index contributed by atoms with van der Waals surface area (Å²) in [6.45, 7) is 1.26. The van der Waals surface area contributed by atoms with E-state index in [0.29, 0.717) is 31.3 Å². The van der Waals surface area contributed by atoms with Gasteiger partial charge in [0.25, 0.3) is 0 Å². The van der Waals surface area contributed by atoms with E-state index in [1.165, 1.54) is 16.7 Å². The fraction of sp³-hybridized carbons (Fsp3) is 0.750. The standard InChI is InChI=1S/C12H18N2O5S/c1-19-3-2-13-5-8(4-10(13)15)11(16)14-7-20-6-9(14)12(17)18/h8-9H,2-7H2,1H3,(H,17,18). The highest BCUT2D eigenvalue weighted by atomic mass is 32.2. The van der Waals surface area contributed by atoms with Crippen LogP contribution in [0.1, 0.15) is 6.42 Å². The maximum absolute atomic E-state index is 12.4. The molecule has 0 radical (unpaired) electrons. The number of carboxylic acid groups (broad SMARTS) is 1. The van der Waals surface area contributed by atoms with Gasteiger partial charge in [-0.05, 0) is 0 Å². The van der Waals surface area contributed by atoms with Crippen molar-refractivity contribution in [3.8, 4) is 0 Å². The summed E-state index contributed by atoms with van der Waals surface area (Å²) >= 11 is 1.43. The van der Waals surface area contributed by atoms with Crippen molar-refractivity contribution in [2.75, 3.05) is 38.4 Å². The number of amides is 2. The lowest BCUT2D eigenvalue weighted by Gasteiger charge is -2.23. The second-order valence-corrected chi connectivity index (χ2v) is 5.90. The molecule has 0 bridgehead atoms. The average Bonchev–Trinajstić information content (AvgIpc) is 3.02. The van der Waals surface area contributed by atoms with Crippen LogP contribution in [0.3, 0.4) is 0 Å². The molecule has 7 nitrogen and oxygen atoms in total. The third-order valence-corrected chi connectivity index (χ3v) is 4.59. The second-order valence-electron chi connectivity index (χ2n) is 4.90. The highest BCUT2D eigenvalue weighted by Gasteiger charge is 2.41.